The lowest BCUT2D eigenvalue weighted by Crippen LogP contribution is -2.56. The highest BCUT2D eigenvalue weighted by Crippen LogP contribution is 2.11. The molecule has 0 saturated carbocycles. The molecule has 19 heavy (non-hydrogen) atoms. The van der Waals surface area contributed by atoms with Crippen LogP contribution < -0.4 is 11.1 Å². The number of ether oxygens (including phenoxy) is 1. The van der Waals surface area contributed by atoms with Crippen molar-refractivity contribution in [2.75, 3.05) is 19.7 Å². The second-order valence-electron chi connectivity index (χ2n) is 5.10. The Bertz CT molecular complexity index is 383. The molecule has 1 aliphatic heterocycles. The number of hydrogen-bond acceptors (Lipinski definition) is 4. The summed E-state index contributed by atoms with van der Waals surface area (Å²) < 4.78 is 5.02. The number of nitrogens with one attached hydrogen (secondary N) is 1. The van der Waals surface area contributed by atoms with Crippen molar-refractivity contribution in [3.8, 4) is 0 Å². The van der Waals surface area contributed by atoms with Crippen molar-refractivity contribution in [1.82, 2.24) is 10.2 Å². The van der Waals surface area contributed by atoms with Crippen LogP contribution in [0.1, 0.15) is 20.3 Å². The zero-order valence-electron chi connectivity index (χ0n) is 11.0. The molecular weight excluding hydrogens is 254 g/mol. The van der Waals surface area contributed by atoms with Crippen LogP contribution in [0.25, 0.3) is 0 Å². The first kappa shape index (κ1) is 15.2. The van der Waals surface area contributed by atoms with Gasteiger partial charge < -0.3 is 25.8 Å². The molecule has 0 aromatic rings. The highest BCUT2D eigenvalue weighted by atomic mass is 16.5. The predicted molar refractivity (Wildman–Crippen MR) is 65.4 cm³/mol. The van der Waals surface area contributed by atoms with Gasteiger partial charge in [0.1, 0.15) is 0 Å². The van der Waals surface area contributed by atoms with Crippen molar-refractivity contribution in [3.05, 3.63) is 0 Å². The first-order valence-electron chi connectivity index (χ1n) is 5.91. The minimum absolute atomic E-state index is 0.00540. The zero-order valence-corrected chi connectivity index (χ0v) is 11.0. The molecule has 1 aliphatic rings. The molecule has 0 aliphatic carbocycles. The molecular formula is C11H19N3O5. The van der Waals surface area contributed by atoms with Crippen molar-refractivity contribution >= 4 is 17.9 Å². The van der Waals surface area contributed by atoms with E-state index in [9.17, 15) is 14.4 Å². The zero-order chi connectivity index (χ0) is 14.6. The molecule has 0 spiro atoms. The van der Waals surface area contributed by atoms with Crippen molar-refractivity contribution in [2.24, 2.45) is 5.73 Å². The minimum Gasteiger partial charge on any atom is -0.479 e. The number of carbonyl (C=O) groups excluding carboxylic acids is 2. The number of urea groups is 1. The lowest BCUT2D eigenvalue weighted by atomic mass is 10.0. The first-order valence-corrected chi connectivity index (χ1v) is 5.91. The lowest BCUT2D eigenvalue weighted by Gasteiger charge is -2.34. The van der Waals surface area contributed by atoms with Gasteiger partial charge in [-0.3, -0.25) is 4.79 Å². The Morgan fingerprint density at radius 1 is 1.47 bits per heavy atom. The highest BCUT2D eigenvalue weighted by molar-refractivity contribution is 5.80. The third-order valence-electron chi connectivity index (χ3n) is 2.69. The Labute approximate surface area is 110 Å². The summed E-state index contributed by atoms with van der Waals surface area (Å²) in [6.45, 7) is 3.80. The monoisotopic (exact) mass is 273 g/mol. The standard InChI is InChI=1S/C11H19N3O5/c1-11(2,5-8(12)15)13-10(18)14-3-4-19-7(6-14)9(16)17/h7H,3-6H2,1-2H3,(H2,12,15)(H,13,18)(H,16,17). The van der Waals surface area contributed by atoms with Gasteiger partial charge in [-0.15, -0.1) is 0 Å². The van der Waals surface area contributed by atoms with Gasteiger partial charge in [0.15, 0.2) is 6.10 Å². The van der Waals surface area contributed by atoms with E-state index < -0.39 is 29.6 Å². The number of amides is 3. The molecule has 4 N–H and O–H groups in total. The number of nitrogens with two attached hydrogens (primary N) is 1. The summed E-state index contributed by atoms with van der Waals surface area (Å²) in [6.07, 6.45) is -1.01. The molecule has 8 nitrogen and oxygen atoms in total. The molecule has 8 heteroatoms. The normalized spacial score (nSPS) is 19.9. The molecule has 0 aromatic carbocycles. The number of carbonyl (C=O) groups is 3. The van der Waals surface area contributed by atoms with E-state index in [1.807, 2.05) is 0 Å². The number of primary amides is 1. The van der Waals surface area contributed by atoms with Gasteiger partial charge >= 0.3 is 12.0 Å². The number of morpholine rings is 1. The minimum atomic E-state index is -1.10. The number of aliphatic carboxylic acids is 1. The fourth-order valence-corrected chi connectivity index (χ4v) is 1.83. The van der Waals surface area contributed by atoms with E-state index in [0.717, 1.165) is 0 Å². The van der Waals surface area contributed by atoms with Gasteiger partial charge in [0.05, 0.1) is 13.2 Å². The summed E-state index contributed by atoms with van der Waals surface area (Å²) in [6, 6.07) is -0.430. The summed E-state index contributed by atoms with van der Waals surface area (Å²) in [7, 11) is 0. The van der Waals surface area contributed by atoms with E-state index in [1.165, 1.54) is 4.90 Å². The molecule has 0 aromatic heterocycles. The van der Waals surface area contributed by atoms with Crippen LogP contribution in [-0.4, -0.2) is 59.3 Å². The summed E-state index contributed by atoms with van der Waals surface area (Å²) >= 11 is 0. The summed E-state index contributed by atoms with van der Waals surface area (Å²) in [5.74, 6) is -1.62. The third-order valence-corrected chi connectivity index (χ3v) is 2.69. The van der Waals surface area contributed by atoms with E-state index >= 15 is 0 Å². The number of hydrogen-bond donors (Lipinski definition) is 3. The second kappa shape index (κ2) is 5.87. The highest BCUT2D eigenvalue weighted by Gasteiger charge is 2.31. The number of carboxylic acids is 1. The van der Waals surface area contributed by atoms with Gasteiger partial charge in [0, 0.05) is 18.5 Å². The molecule has 1 rings (SSSR count). The largest absolute Gasteiger partial charge is 0.479 e. The van der Waals surface area contributed by atoms with E-state index in [2.05, 4.69) is 5.32 Å². The summed E-state index contributed by atoms with van der Waals surface area (Å²) in [4.78, 5) is 35.0. The molecule has 108 valence electrons. The molecule has 1 fully saturated rings. The van der Waals surface area contributed by atoms with E-state index in [4.69, 9.17) is 15.6 Å². The average molecular weight is 273 g/mol. The smallest absolute Gasteiger partial charge is 0.334 e. The Hall–Kier alpha value is -1.83. The van der Waals surface area contributed by atoms with Crippen LogP contribution >= 0.6 is 0 Å². The van der Waals surface area contributed by atoms with Crippen LogP contribution in [0.2, 0.25) is 0 Å². The van der Waals surface area contributed by atoms with Crippen LogP contribution in [0.3, 0.4) is 0 Å². The van der Waals surface area contributed by atoms with Gasteiger partial charge in [0.2, 0.25) is 5.91 Å². The van der Waals surface area contributed by atoms with Crippen LogP contribution in [0.5, 0.6) is 0 Å². The van der Waals surface area contributed by atoms with Gasteiger partial charge in [-0.1, -0.05) is 0 Å². The van der Waals surface area contributed by atoms with Crippen LogP contribution in [0.15, 0.2) is 0 Å². The fourth-order valence-electron chi connectivity index (χ4n) is 1.83. The van der Waals surface area contributed by atoms with Gasteiger partial charge in [0.25, 0.3) is 0 Å². The topological polar surface area (TPSA) is 122 Å². The average Bonchev–Trinajstić information content (AvgIpc) is 2.26. The van der Waals surface area contributed by atoms with E-state index in [1.54, 1.807) is 13.8 Å². The maximum absolute atomic E-state index is 12.0. The maximum atomic E-state index is 12.0. The molecule has 1 atom stereocenters. The number of nitrogens with zero attached hydrogens (tertiary/aromatic N) is 1. The second-order valence-corrected chi connectivity index (χ2v) is 5.10. The third kappa shape index (κ3) is 4.74. The lowest BCUT2D eigenvalue weighted by molar-refractivity contribution is -0.154. The van der Waals surface area contributed by atoms with Crippen LogP contribution in [-0.2, 0) is 14.3 Å². The quantitative estimate of drug-likeness (QED) is 0.615. The maximum Gasteiger partial charge on any atom is 0.334 e. The van der Waals surface area contributed by atoms with Crippen molar-refractivity contribution < 1.29 is 24.2 Å². The molecule has 1 unspecified atom stereocenters. The van der Waals surface area contributed by atoms with Gasteiger partial charge in [-0.2, -0.15) is 0 Å². The van der Waals surface area contributed by atoms with Crippen molar-refractivity contribution in [1.29, 1.82) is 0 Å². The summed E-state index contributed by atoms with van der Waals surface area (Å²) in [5.41, 5.74) is 4.32. The molecule has 1 heterocycles. The number of rotatable bonds is 4. The fraction of sp³-hybridized carbons (Fsp3) is 0.727. The molecule has 3 amide bonds. The van der Waals surface area contributed by atoms with Crippen molar-refractivity contribution in [3.63, 3.8) is 0 Å². The van der Waals surface area contributed by atoms with Gasteiger partial charge in [-0.25, -0.2) is 9.59 Å². The van der Waals surface area contributed by atoms with Crippen LogP contribution in [0, 0.1) is 0 Å². The summed E-state index contributed by atoms with van der Waals surface area (Å²) in [5, 5.41) is 11.5. The van der Waals surface area contributed by atoms with Crippen molar-refractivity contribution in [2.45, 2.75) is 31.9 Å². The SMILES string of the molecule is CC(C)(CC(N)=O)NC(=O)N1CCOC(C(=O)O)C1. The predicted octanol–water partition coefficient (Wildman–Crippen LogP) is -0.865. The molecule has 0 radical (unpaired) electrons. The molecule has 0 bridgehead atoms. The Balaban J connectivity index is 2.57. The Kier molecular flexibility index (Phi) is 4.71. The molecule has 1 saturated heterocycles. The number of carboxylic acid groups (broad SMARTS) is 1. The van der Waals surface area contributed by atoms with Gasteiger partial charge in [-0.05, 0) is 13.8 Å². The Morgan fingerprint density at radius 2 is 2.11 bits per heavy atom. The Morgan fingerprint density at radius 3 is 2.63 bits per heavy atom. The van der Waals surface area contributed by atoms with E-state index in [0.29, 0.717) is 6.54 Å². The first-order chi connectivity index (χ1) is 8.71. The van der Waals surface area contributed by atoms with Crippen LogP contribution in [0.4, 0.5) is 4.79 Å². The van der Waals surface area contributed by atoms with E-state index in [-0.39, 0.29) is 19.6 Å².